The molecule has 0 amide bonds. The number of aromatic nitrogens is 1. The standard InChI is InChI=1S/C14H13BrN2O2/c1-17(9-10-5-3-2-4-6-10)13-12(15)7-11(8-16-13)14(18)19/h2-8H,9H2,1H3,(H,18,19). The summed E-state index contributed by atoms with van der Waals surface area (Å²) in [4.78, 5) is 17.0. The van der Waals surface area contributed by atoms with Gasteiger partial charge in [-0.2, -0.15) is 0 Å². The largest absolute Gasteiger partial charge is 0.478 e. The minimum atomic E-state index is -0.981. The molecule has 0 aliphatic rings. The van der Waals surface area contributed by atoms with Gasteiger partial charge in [0.05, 0.1) is 10.0 Å². The zero-order chi connectivity index (χ0) is 13.8. The topological polar surface area (TPSA) is 53.4 Å². The van der Waals surface area contributed by atoms with E-state index in [2.05, 4.69) is 20.9 Å². The molecule has 0 spiro atoms. The van der Waals surface area contributed by atoms with E-state index in [1.165, 1.54) is 11.8 Å². The van der Waals surface area contributed by atoms with Crippen molar-refractivity contribution >= 4 is 27.7 Å². The minimum absolute atomic E-state index is 0.170. The molecule has 0 unspecified atom stereocenters. The van der Waals surface area contributed by atoms with E-state index in [-0.39, 0.29) is 5.56 Å². The first-order valence-corrected chi connectivity index (χ1v) is 6.51. The maximum atomic E-state index is 10.9. The van der Waals surface area contributed by atoms with E-state index in [4.69, 9.17) is 5.11 Å². The number of hydrogen-bond acceptors (Lipinski definition) is 3. The van der Waals surface area contributed by atoms with E-state index < -0.39 is 5.97 Å². The van der Waals surface area contributed by atoms with E-state index in [1.54, 1.807) is 6.07 Å². The van der Waals surface area contributed by atoms with Crippen LogP contribution in [0.15, 0.2) is 47.1 Å². The van der Waals surface area contributed by atoms with Crippen LogP contribution in [0.3, 0.4) is 0 Å². The number of hydrogen-bond donors (Lipinski definition) is 1. The fraction of sp³-hybridized carbons (Fsp3) is 0.143. The number of rotatable bonds is 4. The number of aromatic carboxylic acids is 1. The molecule has 19 heavy (non-hydrogen) atoms. The Hall–Kier alpha value is -1.88. The number of anilines is 1. The Morgan fingerprint density at radius 2 is 2.05 bits per heavy atom. The number of benzene rings is 1. The third-order valence-electron chi connectivity index (χ3n) is 2.69. The molecule has 1 N–H and O–H groups in total. The summed E-state index contributed by atoms with van der Waals surface area (Å²) >= 11 is 3.36. The zero-order valence-corrected chi connectivity index (χ0v) is 12.0. The molecule has 0 radical (unpaired) electrons. The highest BCUT2D eigenvalue weighted by Gasteiger charge is 2.11. The van der Waals surface area contributed by atoms with Crippen molar-refractivity contribution in [3.63, 3.8) is 0 Å². The van der Waals surface area contributed by atoms with Gasteiger partial charge < -0.3 is 10.0 Å². The van der Waals surface area contributed by atoms with Gasteiger partial charge in [0.1, 0.15) is 5.82 Å². The van der Waals surface area contributed by atoms with Crippen LogP contribution in [0.5, 0.6) is 0 Å². The Bertz CT molecular complexity index is 587. The summed E-state index contributed by atoms with van der Waals surface area (Å²) in [6.45, 7) is 0.707. The summed E-state index contributed by atoms with van der Waals surface area (Å²) in [5, 5.41) is 8.90. The SMILES string of the molecule is CN(Cc1ccccc1)c1ncc(C(=O)O)cc1Br. The van der Waals surface area contributed by atoms with Crippen LogP contribution in [0.25, 0.3) is 0 Å². The Labute approximate surface area is 119 Å². The van der Waals surface area contributed by atoms with Gasteiger partial charge in [-0.25, -0.2) is 9.78 Å². The highest BCUT2D eigenvalue weighted by atomic mass is 79.9. The fourth-order valence-corrected chi connectivity index (χ4v) is 2.41. The molecule has 4 nitrogen and oxygen atoms in total. The van der Waals surface area contributed by atoms with Gasteiger partial charge in [0, 0.05) is 19.8 Å². The van der Waals surface area contributed by atoms with Crippen molar-refractivity contribution in [1.82, 2.24) is 4.98 Å². The van der Waals surface area contributed by atoms with Crippen LogP contribution in [-0.4, -0.2) is 23.1 Å². The first kappa shape index (κ1) is 13.5. The minimum Gasteiger partial charge on any atom is -0.478 e. The molecule has 98 valence electrons. The lowest BCUT2D eigenvalue weighted by atomic mass is 10.2. The average molecular weight is 321 g/mol. The van der Waals surface area contributed by atoms with Gasteiger partial charge in [0.15, 0.2) is 0 Å². The number of carboxylic acids is 1. The highest BCUT2D eigenvalue weighted by Crippen LogP contribution is 2.24. The second-order valence-electron chi connectivity index (χ2n) is 4.18. The summed E-state index contributed by atoms with van der Waals surface area (Å²) in [6, 6.07) is 11.6. The van der Waals surface area contributed by atoms with Crippen molar-refractivity contribution < 1.29 is 9.90 Å². The van der Waals surface area contributed by atoms with Crippen LogP contribution in [-0.2, 0) is 6.54 Å². The molecular formula is C14H13BrN2O2. The van der Waals surface area contributed by atoms with E-state index in [0.717, 1.165) is 0 Å². The maximum absolute atomic E-state index is 10.9. The molecule has 1 aromatic heterocycles. The van der Waals surface area contributed by atoms with Crippen molar-refractivity contribution in [3.8, 4) is 0 Å². The highest BCUT2D eigenvalue weighted by molar-refractivity contribution is 9.10. The Balaban J connectivity index is 2.20. The van der Waals surface area contributed by atoms with Gasteiger partial charge in [-0.05, 0) is 27.6 Å². The monoisotopic (exact) mass is 320 g/mol. The summed E-state index contributed by atoms with van der Waals surface area (Å²) in [6.07, 6.45) is 1.36. The second kappa shape index (κ2) is 5.84. The Morgan fingerprint density at radius 1 is 1.37 bits per heavy atom. The van der Waals surface area contributed by atoms with Crippen molar-refractivity contribution in [2.24, 2.45) is 0 Å². The molecule has 5 heteroatoms. The predicted octanol–water partition coefficient (Wildman–Crippen LogP) is 3.18. The first-order valence-electron chi connectivity index (χ1n) is 5.72. The molecule has 0 saturated carbocycles. The number of pyridine rings is 1. The zero-order valence-electron chi connectivity index (χ0n) is 10.4. The summed E-state index contributed by atoms with van der Waals surface area (Å²) in [7, 11) is 1.92. The van der Waals surface area contributed by atoms with Crippen LogP contribution in [0.1, 0.15) is 15.9 Å². The fourth-order valence-electron chi connectivity index (χ4n) is 1.76. The van der Waals surface area contributed by atoms with Gasteiger partial charge in [-0.1, -0.05) is 30.3 Å². The molecule has 0 saturated heterocycles. The molecule has 2 aromatic rings. The molecule has 0 aliphatic heterocycles. The molecule has 0 bridgehead atoms. The number of halogens is 1. The molecule has 1 aromatic carbocycles. The number of carbonyl (C=O) groups is 1. The normalized spacial score (nSPS) is 10.2. The number of nitrogens with zero attached hydrogens (tertiary/aromatic N) is 2. The predicted molar refractivity (Wildman–Crippen MR) is 77.4 cm³/mol. The van der Waals surface area contributed by atoms with Crippen LogP contribution in [0, 0.1) is 0 Å². The summed E-state index contributed by atoms with van der Waals surface area (Å²) < 4.78 is 0.672. The quantitative estimate of drug-likeness (QED) is 0.940. The third-order valence-corrected chi connectivity index (χ3v) is 3.28. The van der Waals surface area contributed by atoms with Gasteiger partial charge in [-0.3, -0.25) is 0 Å². The summed E-state index contributed by atoms with van der Waals surface area (Å²) in [5.41, 5.74) is 1.34. The van der Waals surface area contributed by atoms with E-state index in [9.17, 15) is 4.79 Å². The Kier molecular flexibility index (Phi) is 4.16. The van der Waals surface area contributed by atoms with Crippen LogP contribution in [0.4, 0.5) is 5.82 Å². The summed E-state index contributed by atoms with van der Waals surface area (Å²) in [5.74, 6) is -0.265. The molecule has 0 fully saturated rings. The van der Waals surface area contributed by atoms with Crippen LogP contribution < -0.4 is 4.90 Å². The maximum Gasteiger partial charge on any atom is 0.337 e. The second-order valence-corrected chi connectivity index (χ2v) is 5.03. The van der Waals surface area contributed by atoms with Gasteiger partial charge >= 0.3 is 5.97 Å². The lowest BCUT2D eigenvalue weighted by molar-refractivity contribution is 0.0696. The molecule has 0 aliphatic carbocycles. The first-order chi connectivity index (χ1) is 9.08. The van der Waals surface area contributed by atoms with E-state index >= 15 is 0 Å². The van der Waals surface area contributed by atoms with Crippen molar-refractivity contribution in [1.29, 1.82) is 0 Å². The lowest BCUT2D eigenvalue weighted by Crippen LogP contribution is -2.18. The molecule has 0 atom stereocenters. The van der Waals surface area contributed by atoms with Crippen molar-refractivity contribution in [2.75, 3.05) is 11.9 Å². The third kappa shape index (κ3) is 3.32. The lowest BCUT2D eigenvalue weighted by Gasteiger charge is -2.19. The van der Waals surface area contributed by atoms with E-state index in [1.807, 2.05) is 42.3 Å². The van der Waals surface area contributed by atoms with Crippen LogP contribution >= 0.6 is 15.9 Å². The van der Waals surface area contributed by atoms with Crippen LogP contribution in [0.2, 0.25) is 0 Å². The van der Waals surface area contributed by atoms with Gasteiger partial charge in [0.25, 0.3) is 0 Å². The molecule has 1 heterocycles. The molecule has 2 rings (SSSR count). The average Bonchev–Trinajstić information content (AvgIpc) is 2.39. The molecular weight excluding hydrogens is 308 g/mol. The Morgan fingerprint density at radius 3 is 2.63 bits per heavy atom. The van der Waals surface area contributed by atoms with Crippen molar-refractivity contribution in [3.05, 3.63) is 58.2 Å². The number of carboxylic acid groups (broad SMARTS) is 1. The van der Waals surface area contributed by atoms with Crippen molar-refractivity contribution in [2.45, 2.75) is 6.54 Å². The van der Waals surface area contributed by atoms with E-state index in [0.29, 0.717) is 16.8 Å². The van der Waals surface area contributed by atoms with Gasteiger partial charge in [-0.15, -0.1) is 0 Å². The smallest absolute Gasteiger partial charge is 0.337 e. The van der Waals surface area contributed by atoms with Gasteiger partial charge in [0.2, 0.25) is 0 Å².